The van der Waals surface area contributed by atoms with Crippen LogP contribution in [0.3, 0.4) is 0 Å². The minimum atomic E-state index is -0.924. The highest BCUT2D eigenvalue weighted by Crippen LogP contribution is 2.25. The quantitative estimate of drug-likeness (QED) is 0.498. The number of thiocarbonyl (C=S) groups is 1. The van der Waals surface area contributed by atoms with Crippen LogP contribution >= 0.6 is 12.2 Å². The lowest BCUT2D eigenvalue weighted by molar-refractivity contribution is 0.0697. The minimum Gasteiger partial charge on any atom is -0.478 e. The van der Waals surface area contributed by atoms with Crippen LogP contribution < -0.4 is 0 Å². The molecule has 28 heavy (non-hydrogen) atoms. The maximum atomic E-state index is 11.4. The molecule has 3 aromatic rings. The smallest absolute Gasteiger partial charge is 0.336 e. The second kappa shape index (κ2) is 9.37. The van der Waals surface area contributed by atoms with Crippen molar-refractivity contribution < 1.29 is 9.90 Å². The highest BCUT2D eigenvalue weighted by Gasteiger charge is 2.15. The zero-order valence-electron chi connectivity index (χ0n) is 15.8. The maximum Gasteiger partial charge on any atom is 0.336 e. The number of aromatic nitrogens is 3. The maximum absolute atomic E-state index is 11.4. The predicted molar refractivity (Wildman–Crippen MR) is 114 cm³/mol. The molecule has 0 amide bonds. The van der Waals surface area contributed by atoms with E-state index in [1.165, 1.54) is 0 Å². The van der Waals surface area contributed by atoms with Gasteiger partial charge in [0.05, 0.1) is 5.56 Å². The van der Waals surface area contributed by atoms with Gasteiger partial charge in [0.25, 0.3) is 0 Å². The molecule has 2 aromatic carbocycles. The van der Waals surface area contributed by atoms with Crippen LogP contribution in [-0.4, -0.2) is 31.6 Å². The topological polar surface area (TPSA) is 78.9 Å². The van der Waals surface area contributed by atoms with E-state index in [1.807, 2.05) is 36.4 Å². The van der Waals surface area contributed by atoms with Gasteiger partial charge in [-0.15, -0.1) is 0 Å². The third-order valence-electron chi connectivity index (χ3n) is 4.73. The van der Waals surface area contributed by atoms with E-state index in [2.05, 4.69) is 22.1 Å². The molecule has 0 aliphatic carbocycles. The largest absolute Gasteiger partial charge is 0.478 e. The van der Waals surface area contributed by atoms with Gasteiger partial charge in [-0.2, -0.15) is 5.10 Å². The molecule has 2 N–H and O–H groups in total. The Balaban J connectivity index is 1.75. The Kier molecular flexibility index (Phi) is 6.66. The Labute approximate surface area is 169 Å². The number of hydrogen-bond acceptors (Lipinski definition) is 4. The number of H-pyrrole nitrogens is 1. The van der Waals surface area contributed by atoms with Crippen molar-refractivity contribution in [3.8, 4) is 11.1 Å². The summed E-state index contributed by atoms with van der Waals surface area (Å²) in [5, 5.41) is 18.5. The number of aromatic carboxylic acids is 1. The monoisotopic (exact) mass is 393 g/mol. The number of rotatable bonds is 9. The summed E-state index contributed by atoms with van der Waals surface area (Å²) in [6.07, 6.45) is 3.53. The van der Waals surface area contributed by atoms with E-state index < -0.39 is 5.97 Å². The van der Waals surface area contributed by atoms with Crippen molar-refractivity contribution in [3.63, 3.8) is 0 Å². The summed E-state index contributed by atoms with van der Waals surface area (Å²) < 4.78 is 0. The molecule has 3 rings (SSSR count). The van der Waals surface area contributed by atoms with Crippen molar-refractivity contribution in [2.45, 2.75) is 38.5 Å². The molecular weight excluding hydrogens is 370 g/mol. The summed E-state index contributed by atoms with van der Waals surface area (Å²) in [6, 6.07) is 14.9. The third kappa shape index (κ3) is 4.70. The van der Waals surface area contributed by atoms with Crippen molar-refractivity contribution in [3.05, 3.63) is 71.3 Å². The summed E-state index contributed by atoms with van der Waals surface area (Å²) in [5.41, 5.74) is 2.98. The molecule has 1 atom stereocenters. The summed E-state index contributed by atoms with van der Waals surface area (Å²) in [4.78, 5) is 16.1. The Morgan fingerprint density at radius 2 is 1.96 bits per heavy atom. The first kappa shape index (κ1) is 19.9. The van der Waals surface area contributed by atoms with E-state index in [1.54, 1.807) is 17.5 Å². The zero-order valence-corrected chi connectivity index (χ0v) is 16.6. The summed E-state index contributed by atoms with van der Waals surface area (Å²) in [7, 11) is 0. The third-order valence-corrected chi connectivity index (χ3v) is 4.92. The first-order valence-electron chi connectivity index (χ1n) is 9.38. The van der Waals surface area contributed by atoms with Crippen LogP contribution in [0.15, 0.2) is 48.5 Å². The Morgan fingerprint density at radius 1 is 1.21 bits per heavy atom. The number of carboxylic acids is 1. The highest BCUT2D eigenvalue weighted by atomic mass is 32.1. The summed E-state index contributed by atoms with van der Waals surface area (Å²) in [6.45, 7) is 2.15. The predicted octanol–water partition coefficient (Wildman–Crippen LogP) is 5.03. The van der Waals surface area contributed by atoms with Crippen molar-refractivity contribution in [1.82, 2.24) is 15.2 Å². The van der Waals surface area contributed by atoms with Crippen LogP contribution in [0, 0.1) is 0 Å². The molecule has 0 fully saturated rings. The average molecular weight is 394 g/mol. The van der Waals surface area contributed by atoms with E-state index in [0.29, 0.717) is 17.5 Å². The van der Waals surface area contributed by atoms with Gasteiger partial charge in [0.2, 0.25) is 0 Å². The highest BCUT2D eigenvalue weighted by molar-refractivity contribution is 7.78. The van der Waals surface area contributed by atoms with Crippen LogP contribution in [0.25, 0.3) is 11.1 Å². The van der Waals surface area contributed by atoms with Gasteiger partial charge >= 0.3 is 5.97 Å². The summed E-state index contributed by atoms with van der Waals surface area (Å²) in [5.74, 6) is 0.985. The first-order valence-corrected chi connectivity index (χ1v) is 9.86. The van der Waals surface area contributed by atoms with Crippen LogP contribution in [0.1, 0.15) is 59.7 Å². The van der Waals surface area contributed by atoms with Gasteiger partial charge in [-0.3, -0.25) is 5.10 Å². The second-order valence-electron chi connectivity index (χ2n) is 6.75. The number of nitrogens with zero attached hydrogens (tertiary/aromatic N) is 2. The Morgan fingerprint density at radius 3 is 2.64 bits per heavy atom. The number of nitrogens with one attached hydrogen (secondary N) is 1. The fraction of sp³-hybridized carbons (Fsp3) is 0.273. The molecule has 0 aliphatic heterocycles. The lowest BCUT2D eigenvalue weighted by Crippen LogP contribution is -2.02. The molecule has 144 valence electrons. The summed E-state index contributed by atoms with van der Waals surface area (Å²) >= 11 is 5.00. The molecule has 0 bridgehead atoms. The minimum absolute atomic E-state index is 0.266. The van der Waals surface area contributed by atoms with Crippen LogP contribution in [-0.2, 0) is 6.42 Å². The number of aromatic amines is 1. The normalized spacial score (nSPS) is 11.9. The van der Waals surface area contributed by atoms with Crippen LogP contribution in [0.2, 0.25) is 0 Å². The molecule has 5 nitrogen and oxygen atoms in total. The molecule has 0 radical (unpaired) electrons. The van der Waals surface area contributed by atoms with Crippen molar-refractivity contribution >= 4 is 23.6 Å². The van der Waals surface area contributed by atoms with E-state index in [9.17, 15) is 9.90 Å². The van der Waals surface area contributed by atoms with Crippen LogP contribution in [0.5, 0.6) is 0 Å². The molecule has 0 aliphatic rings. The average Bonchev–Trinajstić information content (AvgIpc) is 3.17. The number of carbonyl (C=O) groups is 1. The standard InChI is InChI=1S/C22H23N3O2S/c1-2-5-17(12-13-28)21-23-20(24-25-21)14-15-8-10-16(11-9-15)18-6-3-4-7-19(18)22(26)27/h3-4,6-11,13,17H,2,5,12,14H2,1H3,(H,26,27)(H,23,24,25). The SMILES string of the molecule is CCCC(CC=S)c1n[nH]c(Cc2ccc(-c3ccccc3C(=O)O)cc2)n1. The van der Waals surface area contributed by atoms with Gasteiger partial charge in [-0.25, -0.2) is 9.78 Å². The van der Waals surface area contributed by atoms with E-state index in [-0.39, 0.29) is 5.92 Å². The van der Waals surface area contributed by atoms with Crippen molar-refractivity contribution in [1.29, 1.82) is 0 Å². The fourth-order valence-electron chi connectivity index (χ4n) is 3.31. The van der Waals surface area contributed by atoms with E-state index >= 15 is 0 Å². The molecule has 0 spiro atoms. The van der Waals surface area contributed by atoms with Gasteiger partial charge in [0.1, 0.15) is 5.82 Å². The van der Waals surface area contributed by atoms with Crippen LogP contribution in [0.4, 0.5) is 0 Å². The van der Waals surface area contributed by atoms with Gasteiger partial charge in [-0.1, -0.05) is 68.0 Å². The molecular formula is C22H23N3O2S. The lowest BCUT2D eigenvalue weighted by Gasteiger charge is -2.08. The fourth-order valence-corrected chi connectivity index (χ4v) is 3.54. The number of benzene rings is 2. The molecule has 1 unspecified atom stereocenters. The van der Waals surface area contributed by atoms with Crippen molar-refractivity contribution in [2.24, 2.45) is 0 Å². The van der Waals surface area contributed by atoms with Gasteiger partial charge in [-0.05, 0) is 41.0 Å². The molecule has 1 aromatic heterocycles. The number of hydrogen-bond donors (Lipinski definition) is 2. The van der Waals surface area contributed by atoms with Gasteiger partial charge < -0.3 is 5.11 Å². The molecule has 1 heterocycles. The van der Waals surface area contributed by atoms with E-state index in [0.717, 1.165) is 42.0 Å². The first-order chi connectivity index (χ1) is 13.6. The van der Waals surface area contributed by atoms with Gasteiger partial charge in [0, 0.05) is 12.3 Å². The Hall–Kier alpha value is -2.86. The molecule has 0 saturated carbocycles. The number of carboxylic acid groups (broad SMARTS) is 1. The Bertz CT molecular complexity index is 950. The van der Waals surface area contributed by atoms with Crippen molar-refractivity contribution in [2.75, 3.05) is 0 Å². The molecule has 0 saturated heterocycles. The zero-order chi connectivity index (χ0) is 19.9. The molecule has 6 heteroatoms. The second-order valence-corrected chi connectivity index (χ2v) is 7.09. The van der Waals surface area contributed by atoms with Gasteiger partial charge in [0.15, 0.2) is 5.82 Å². The van der Waals surface area contributed by atoms with E-state index in [4.69, 9.17) is 12.2 Å². The lowest BCUT2D eigenvalue weighted by atomic mass is 9.98.